The van der Waals surface area contributed by atoms with Gasteiger partial charge in [-0.15, -0.1) is 0 Å². The SMILES string of the molecule is CC[C@H](C)NC[C@H](O)COc1ccc(O)c2c1CCCC2=O. The van der Waals surface area contributed by atoms with E-state index in [1.165, 1.54) is 6.07 Å². The fourth-order valence-electron chi connectivity index (χ4n) is 2.59. The standard InChI is InChI=1S/C17H25NO4/c1-3-11(2)18-9-12(19)10-22-16-8-7-15(21)17-13(16)5-4-6-14(17)20/h7-8,11-12,18-19,21H,3-6,9-10H2,1-2H3/t11-,12-/m0/s1. The molecule has 122 valence electrons. The Labute approximate surface area is 131 Å². The summed E-state index contributed by atoms with van der Waals surface area (Å²) in [5.74, 6) is 0.567. The largest absolute Gasteiger partial charge is 0.507 e. The molecule has 1 aromatic rings. The molecule has 0 amide bonds. The zero-order chi connectivity index (χ0) is 16.1. The summed E-state index contributed by atoms with van der Waals surface area (Å²) in [6.45, 7) is 4.78. The quantitative estimate of drug-likeness (QED) is 0.718. The van der Waals surface area contributed by atoms with E-state index in [-0.39, 0.29) is 18.1 Å². The van der Waals surface area contributed by atoms with Gasteiger partial charge in [-0.3, -0.25) is 4.79 Å². The minimum absolute atomic E-state index is 0.0195. The molecule has 2 atom stereocenters. The molecule has 0 heterocycles. The third-order valence-electron chi connectivity index (χ3n) is 4.10. The van der Waals surface area contributed by atoms with Crippen molar-refractivity contribution < 1.29 is 19.7 Å². The molecule has 0 bridgehead atoms. The molecular formula is C17H25NO4. The van der Waals surface area contributed by atoms with E-state index in [9.17, 15) is 15.0 Å². The number of aromatic hydroxyl groups is 1. The number of carbonyl (C=O) groups is 1. The van der Waals surface area contributed by atoms with Gasteiger partial charge >= 0.3 is 0 Å². The van der Waals surface area contributed by atoms with Crippen LogP contribution in [-0.4, -0.2) is 41.3 Å². The normalized spacial score (nSPS) is 17.0. The fourth-order valence-corrected chi connectivity index (χ4v) is 2.59. The summed E-state index contributed by atoms with van der Waals surface area (Å²) >= 11 is 0. The Kier molecular flexibility index (Phi) is 5.80. The van der Waals surface area contributed by atoms with Gasteiger partial charge in [0.1, 0.15) is 24.2 Å². The number of benzene rings is 1. The van der Waals surface area contributed by atoms with E-state index in [0.29, 0.717) is 36.7 Å². The first-order chi connectivity index (χ1) is 10.5. The number of nitrogens with one attached hydrogen (secondary N) is 1. The monoisotopic (exact) mass is 307 g/mol. The second-order valence-corrected chi connectivity index (χ2v) is 5.90. The number of Topliss-reactive ketones (excluding diaryl/α,β-unsaturated/α-hetero) is 1. The Morgan fingerprint density at radius 1 is 1.36 bits per heavy atom. The first-order valence-corrected chi connectivity index (χ1v) is 7.95. The van der Waals surface area contributed by atoms with Crippen molar-refractivity contribution >= 4 is 5.78 Å². The predicted octanol–water partition coefficient (Wildman–Crippen LogP) is 2.04. The third kappa shape index (κ3) is 3.99. The first-order valence-electron chi connectivity index (χ1n) is 7.95. The number of phenolic OH excluding ortho intramolecular Hbond substituents is 1. The molecule has 1 aromatic carbocycles. The van der Waals surface area contributed by atoms with Crippen molar-refractivity contribution in [2.24, 2.45) is 0 Å². The highest BCUT2D eigenvalue weighted by molar-refractivity contribution is 6.01. The van der Waals surface area contributed by atoms with E-state index >= 15 is 0 Å². The lowest BCUT2D eigenvalue weighted by atomic mass is 9.89. The number of fused-ring (bicyclic) bond motifs is 1. The van der Waals surface area contributed by atoms with Crippen LogP contribution in [0.1, 0.15) is 49.0 Å². The van der Waals surface area contributed by atoms with Gasteiger partial charge in [0.2, 0.25) is 0 Å². The minimum Gasteiger partial charge on any atom is -0.507 e. The molecule has 1 aliphatic rings. The summed E-state index contributed by atoms with van der Waals surface area (Å²) in [6, 6.07) is 3.51. The Hall–Kier alpha value is -1.59. The Morgan fingerprint density at radius 2 is 2.14 bits per heavy atom. The van der Waals surface area contributed by atoms with Crippen LogP contribution in [-0.2, 0) is 6.42 Å². The lowest BCUT2D eigenvalue weighted by molar-refractivity contribution is 0.0960. The minimum atomic E-state index is -0.613. The molecule has 0 fully saturated rings. The van der Waals surface area contributed by atoms with Crippen LogP contribution in [0.3, 0.4) is 0 Å². The van der Waals surface area contributed by atoms with Gasteiger partial charge in [0.05, 0.1) is 5.56 Å². The van der Waals surface area contributed by atoms with E-state index in [2.05, 4.69) is 19.2 Å². The molecule has 5 nitrogen and oxygen atoms in total. The molecule has 22 heavy (non-hydrogen) atoms. The number of aliphatic hydroxyl groups is 1. The number of aliphatic hydroxyl groups excluding tert-OH is 1. The van der Waals surface area contributed by atoms with Crippen LogP contribution in [0.25, 0.3) is 0 Å². The maximum atomic E-state index is 11.9. The number of carbonyl (C=O) groups excluding carboxylic acids is 1. The average Bonchev–Trinajstić information content (AvgIpc) is 2.52. The van der Waals surface area contributed by atoms with Crippen LogP contribution in [0, 0.1) is 0 Å². The molecule has 0 aliphatic heterocycles. The number of ether oxygens (including phenoxy) is 1. The van der Waals surface area contributed by atoms with E-state index in [4.69, 9.17) is 4.74 Å². The van der Waals surface area contributed by atoms with Crippen molar-refractivity contribution in [1.82, 2.24) is 5.32 Å². The van der Waals surface area contributed by atoms with E-state index < -0.39 is 6.10 Å². The highest BCUT2D eigenvalue weighted by atomic mass is 16.5. The molecule has 5 heteroatoms. The molecular weight excluding hydrogens is 282 g/mol. The number of hydrogen-bond donors (Lipinski definition) is 3. The number of ketones is 1. The van der Waals surface area contributed by atoms with Crippen LogP contribution < -0.4 is 10.1 Å². The van der Waals surface area contributed by atoms with E-state index in [0.717, 1.165) is 18.4 Å². The summed E-state index contributed by atoms with van der Waals surface area (Å²) in [6.07, 6.45) is 2.33. The molecule has 0 saturated carbocycles. The summed E-state index contributed by atoms with van der Waals surface area (Å²) in [7, 11) is 0. The van der Waals surface area contributed by atoms with Gasteiger partial charge in [0.15, 0.2) is 5.78 Å². The van der Waals surface area contributed by atoms with Gasteiger partial charge in [0, 0.05) is 24.6 Å². The number of hydrogen-bond acceptors (Lipinski definition) is 5. The maximum absolute atomic E-state index is 11.9. The topological polar surface area (TPSA) is 78.8 Å². The van der Waals surface area contributed by atoms with Crippen molar-refractivity contribution in [2.45, 2.75) is 51.7 Å². The van der Waals surface area contributed by atoms with Crippen molar-refractivity contribution in [3.05, 3.63) is 23.3 Å². The first kappa shape index (κ1) is 16.8. The Morgan fingerprint density at radius 3 is 2.86 bits per heavy atom. The van der Waals surface area contributed by atoms with Gasteiger partial charge in [-0.2, -0.15) is 0 Å². The molecule has 1 aliphatic carbocycles. The Balaban J connectivity index is 1.99. The molecule has 2 rings (SSSR count). The van der Waals surface area contributed by atoms with E-state index in [1.807, 2.05) is 0 Å². The Bertz CT molecular complexity index is 530. The lowest BCUT2D eigenvalue weighted by Gasteiger charge is -2.21. The van der Waals surface area contributed by atoms with Crippen LogP contribution in [0.4, 0.5) is 0 Å². The second kappa shape index (κ2) is 7.61. The summed E-state index contributed by atoms with van der Waals surface area (Å²) in [4.78, 5) is 11.9. The van der Waals surface area contributed by atoms with Crippen molar-refractivity contribution in [3.63, 3.8) is 0 Å². The smallest absolute Gasteiger partial charge is 0.167 e. The third-order valence-corrected chi connectivity index (χ3v) is 4.10. The summed E-state index contributed by atoms with van der Waals surface area (Å²) in [5, 5.41) is 23.0. The average molecular weight is 307 g/mol. The summed E-state index contributed by atoms with van der Waals surface area (Å²) in [5.41, 5.74) is 1.15. The fraction of sp³-hybridized carbons (Fsp3) is 0.588. The van der Waals surface area contributed by atoms with Gasteiger partial charge in [0.25, 0.3) is 0 Å². The molecule has 3 N–H and O–H groups in total. The van der Waals surface area contributed by atoms with Crippen LogP contribution >= 0.6 is 0 Å². The highest BCUT2D eigenvalue weighted by Crippen LogP contribution is 2.35. The number of rotatable bonds is 7. The number of phenols is 1. The zero-order valence-electron chi connectivity index (χ0n) is 13.3. The van der Waals surface area contributed by atoms with Gasteiger partial charge in [-0.1, -0.05) is 6.92 Å². The van der Waals surface area contributed by atoms with Crippen LogP contribution in [0.5, 0.6) is 11.5 Å². The molecule has 0 spiro atoms. The summed E-state index contributed by atoms with van der Waals surface area (Å²) < 4.78 is 5.68. The van der Waals surface area contributed by atoms with Crippen molar-refractivity contribution in [1.29, 1.82) is 0 Å². The molecule has 0 saturated heterocycles. The maximum Gasteiger partial charge on any atom is 0.167 e. The highest BCUT2D eigenvalue weighted by Gasteiger charge is 2.24. The van der Waals surface area contributed by atoms with Crippen molar-refractivity contribution in [3.8, 4) is 11.5 Å². The van der Waals surface area contributed by atoms with Crippen LogP contribution in [0.2, 0.25) is 0 Å². The second-order valence-electron chi connectivity index (χ2n) is 5.90. The van der Waals surface area contributed by atoms with Crippen LogP contribution in [0.15, 0.2) is 12.1 Å². The molecule has 0 radical (unpaired) electrons. The molecule has 0 unspecified atom stereocenters. The van der Waals surface area contributed by atoms with Gasteiger partial charge in [-0.25, -0.2) is 0 Å². The van der Waals surface area contributed by atoms with Gasteiger partial charge < -0.3 is 20.3 Å². The van der Waals surface area contributed by atoms with Crippen molar-refractivity contribution in [2.75, 3.05) is 13.2 Å². The zero-order valence-corrected chi connectivity index (χ0v) is 13.3. The predicted molar refractivity (Wildman–Crippen MR) is 84.6 cm³/mol. The molecule has 0 aromatic heterocycles. The lowest BCUT2D eigenvalue weighted by Crippen LogP contribution is -2.36. The van der Waals surface area contributed by atoms with E-state index in [1.54, 1.807) is 6.07 Å². The van der Waals surface area contributed by atoms with Gasteiger partial charge in [-0.05, 0) is 38.3 Å².